The third-order valence-electron chi connectivity index (χ3n) is 4.18. The van der Waals surface area contributed by atoms with Crippen LogP contribution in [0.2, 0.25) is 0 Å². The molecule has 112 valence electrons. The Bertz CT molecular complexity index is 269. The van der Waals surface area contributed by atoms with Crippen molar-refractivity contribution < 1.29 is 9.53 Å². The maximum atomic E-state index is 12.1. The minimum atomic E-state index is 0.0851. The summed E-state index contributed by atoms with van der Waals surface area (Å²) in [5.41, 5.74) is 5.67. The first-order valence-corrected chi connectivity index (χ1v) is 7.67. The highest BCUT2D eigenvalue weighted by Gasteiger charge is 2.24. The zero-order chi connectivity index (χ0) is 14.3. The third-order valence-corrected chi connectivity index (χ3v) is 4.18. The molecule has 4 heteroatoms. The lowest BCUT2D eigenvalue weighted by Gasteiger charge is -2.24. The fourth-order valence-electron chi connectivity index (χ4n) is 2.77. The van der Waals surface area contributed by atoms with E-state index in [4.69, 9.17) is 10.5 Å². The van der Waals surface area contributed by atoms with Gasteiger partial charge in [0, 0.05) is 32.7 Å². The molecule has 1 aliphatic rings. The van der Waals surface area contributed by atoms with Crippen LogP contribution in [0.1, 0.15) is 46.5 Å². The number of likely N-dealkylation sites (tertiary alicyclic amines) is 1. The van der Waals surface area contributed by atoms with Crippen molar-refractivity contribution in [3.05, 3.63) is 0 Å². The van der Waals surface area contributed by atoms with E-state index in [1.54, 1.807) is 0 Å². The smallest absolute Gasteiger partial charge is 0.222 e. The normalized spacial score (nSPS) is 22.7. The maximum absolute atomic E-state index is 12.1. The molecule has 1 heterocycles. The first-order valence-electron chi connectivity index (χ1n) is 7.67. The van der Waals surface area contributed by atoms with Crippen molar-refractivity contribution in [3.8, 4) is 0 Å². The molecule has 0 aromatic carbocycles. The van der Waals surface area contributed by atoms with Crippen LogP contribution in [0.15, 0.2) is 0 Å². The Balaban J connectivity index is 2.42. The summed E-state index contributed by atoms with van der Waals surface area (Å²) in [4.78, 5) is 14.1. The molecule has 0 saturated carbocycles. The average molecular weight is 270 g/mol. The van der Waals surface area contributed by atoms with Gasteiger partial charge in [-0.15, -0.1) is 0 Å². The van der Waals surface area contributed by atoms with Crippen molar-refractivity contribution in [2.24, 2.45) is 17.6 Å². The maximum Gasteiger partial charge on any atom is 0.222 e. The molecule has 19 heavy (non-hydrogen) atoms. The first-order chi connectivity index (χ1) is 9.08. The van der Waals surface area contributed by atoms with E-state index in [1.807, 2.05) is 11.8 Å². The van der Waals surface area contributed by atoms with Gasteiger partial charge in [-0.2, -0.15) is 0 Å². The van der Waals surface area contributed by atoms with Crippen molar-refractivity contribution in [1.29, 1.82) is 0 Å². The Morgan fingerprint density at radius 3 is 2.74 bits per heavy atom. The lowest BCUT2D eigenvalue weighted by atomic mass is 9.89. The van der Waals surface area contributed by atoms with Crippen LogP contribution in [0.4, 0.5) is 0 Å². The number of hydrogen-bond donors (Lipinski definition) is 1. The van der Waals surface area contributed by atoms with Crippen molar-refractivity contribution in [1.82, 2.24) is 4.90 Å². The molecular weight excluding hydrogens is 240 g/mol. The van der Waals surface area contributed by atoms with Crippen molar-refractivity contribution in [2.45, 2.75) is 52.6 Å². The Labute approximate surface area is 117 Å². The minimum Gasteiger partial charge on any atom is -0.377 e. The van der Waals surface area contributed by atoms with Crippen LogP contribution >= 0.6 is 0 Å². The van der Waals surface area contributed by atoms with Crippen molar-refractivity contribution >= 4 is 5.91 Å². The second-order valence-corrected chi connectivity index (χ2v) is 5.81. The molecule has 2 atom stereocenters. The standard InChI is InChI=1S/C15H30N2O2/c1-4-19-14(11-16)8-10-17-9-7-13(12(2)3)5-6-15(17)18/h12-14H,4-11,16H2,1-3H3. The third kappa shape index (κ3) is 5.49. The van der Waals surface area contributed by atoms with Gasteiger partial charge in [0.25, 0.3) is 0 Å². The number of nitrogens with zero attached hydrogens (tertiary/aromatic N) is 1. The SMILES string of the molecule is CCOC(CN)CCN1CCC(C(C)C)CCC1=O. The molecule has 0 radical (unpaired) electrons. The van der Waals surface area contributed by atoms with E-state index in [0.29, 0.717) is 37.3 Å². The van der Waals surface area contributed by atoms with E-state index in [-0.39, 0.29) is 6.10 Å². The van der Waals surface area contributed by atoms with E-state index in [2.05, 4.69) is 13.8 Å². The summed E-state index contributed by atoms with van der Waals surface area (Å²) in [7, 11) is 0. The molecule has 1 fully saturated rings. The number of nitrogens with two attached hydrogens (primary N) is 1. The van der Waals surface area contributed by atoms with E-state index in [9.17, 15) is 4.79 Å². The van der Waals surface area contributed by atoms with E-state index < -0.39 is 0 Å². The summed E-state index contributed by atoms with van der Waals surface area (Å²) in [5, 5.41) is 0. The molecule has 0 aromatic heterocycles. The molecule has 1 saturated heterocycles. The van der Waals surface area contributed by atoms with Crippen LogP contribution in [-0.2, 0) is 9.53 Å². The van der Waals surface area contributed by atoms with Gasteiger partial charge in [0.15, 0.2) is 0 Å². The number of carbonyl (C=O) groups excluding carboxylic acids is 1. The summed E-state index contributed by atoms with van der Waals surface area (Å²) in [6.07, 6.45) is 3.80. The summed E-state index contributed by atoms with van der Waals surface area (Å²) in [6.45, 7) is 9.38. The number of ether oxygens (including phenoxy) is 1. The molecule has 2 unspecified atom stereocenters. The highest BCUT2D eigenvalue weighted by molar-refractivity contribution is 5.76. The van der Waals surface area contributed by atoms with Crippen LogP contribution in [0.3, 0.4) is 0 Å². The molecule has 1 amide bonds. The lowest BCUT2D eigenvalue weighted by molar-refractivity contribution is -0.131. The van der Waals surface area contributed by atoms with E-state index in [1.165, 1.54) is 0 Å². The van der Waals surface area contributed by atoms with E-state index in [0.717, 1.165) is 32.4 Å². The van der Waals surface area contributed by atoms with Crippen LogP contribution in [0.5, 0.6) is 0 Å². The monoisotopic (exact) mass is 270 g/mol. The molecule has 0 bridgehead atoms. The van der Waals surface area contributed by atoms with Gasteiger partial charge in [0.05, 0.1) is 6.10 Å². The predicted octanol–water partition coefficient (Wildman–Crippen LogP) is 2.02. The van der Waals surface area contributed by atoms with Gasteiger partial charge in [0.2, 0.25) is 5.91 Å². The van der Waals surface area contributed by atoms with Gasteiger partial charge in [-0.05, 0) is 38.0 Å². The van der Waals surface area contributed by atoms with Gasteiger partial charge in [-0.25, -0.2) is 0 Å². The lowest BCUT2D eigenvalue weighted by Crippen LogP contribution is -2.35. The average Bonchev–Trinajstić information content (AvgIpc) is 2.57. The van der Waals surface area contributed by atoms with Gasteiger partial charge >= 0.3 is 0 Å². The quantitative estimate of drug-likeness (QED) is 0.770. The highest BCUT2D eigenvalue weighted by Crippen LogP contribution is 2.25. The molecule has 0 aromatic rings. The van der Waals surface area contributed by atoms with Gasteiger partial charge in [-0.3, -0.25) is 4.79 Å². The Hall–Kier alpha value is -0.610. The molecule has 1 rings (SSSR count). The van der Waals surface area contributed by atoms with Crippen molar-refractivity contribution in [3.63, 3.8) is 0 Å². The molecule has 0 aliphatic carbocycles. The molecule has 0 spiro atoms. The van der Waals surface area contributed by atoms with Crippen LogP contribution in [-0.4, -0.2) is 43.2 Å². The zero-order valence-corrected chi connectivity index (χ0v) is 12.7. The number of carbonyl (C=O) groups is 1. The highest BCUT2D eigenvalue weighted by atomic mass is 16.5. The predicted molar refractivity (Wildman–Crippen MR) is 77.8 cm³/mol. The summed E-state index contributed by atoms with van der Waals surface area (Å²) >= 11 is 0. The summed E-state index contributed by atoms with van der Waals surface area (Å²) in [5.74, 6) is 1.66. The molecule has 1 aliphatic heterocycles. The summed E-state index contributed by atoms with van der Waals surface area (Å²) < 4.78 is 5.55. The van der Waals surface area contributed by atoms with Crippen LogP contribution < -0.4 is 5.73 Å². The van der Waals surface area contributed by atoms with E-state index >= 15 is 0 Å². The fraction of sp³-hybridized carbons (Fsp3) is 0.933. The number of amides is 1. The fourth-order valence-corrected chi connectivity index (χ4v) is 2.77. The number of rotatable bonds is 7. The first kappa shape index (κ1) is 16.4. The second kappa shape index (κ2) is 8.54. The number of hydrogen-bond acceptors (Lipinski definition) is 3. The Morgan fingerprint density at radius 2 is 2.16 bits per heavy atom. The molecule has 4 nitrogen and oxygen atoms in total. The van der Waals surface area contributed by atoms with Gasteiger partial charge in [-0.1, -0.05) is 13.8 Å². The second-order valence-electron chi connectivity index (χ2n) is 5.81. The zero-order valence-electron chi connectivity index (χ0n) is 12.7. The Morgan fingerprint density at radius 1 is 1.42 bits per heavy atom. The van der Waals surface area contributed by atoms with Crippen LogP contribution in [0, 0.1) is 11.8 Å². The van der Waals surface area contributed by atoms with Crippen molar-refractivity contribution in [2.75, 3.05) is 26.2 Å². The largest absolute Gasteiger partial charge is 0.377 e. The molecule has 2 N–H and O–H groups in total. The minimum absolute atomic E-state index is 0.0851. The van der Waals surface area contributed by atoms with Gasteiger partial charge < -0.3 is 15.4 Å². The summed E-state index contributed by atoms with van der Waals surface area (Å²) in [6, 6.07) is 0. The Kier molecular flexibility index (Phi) is 7.39. The van der Waals surface area contributed by atoms with Crippen LogP contribution in [0.25, 0.3) is 0 Å². The topological polar surface area (TPSA) is 55.6 Å². The molecular formula is C15H30N2O2. The van der Waals surface area contributed by atoms with Gasteiger partial charge in [0.1, 0.15) is 0 Å².